The Morgan fingerprint density at radius 2 is 2.15 bits per heavy atom. The maximum absolute atomic E-state index is 13.6. The van der Waals surface area contributed by atoms with Gasteiger partial charge in [0.1, 0.15) is 11.6 Å². The van der Waals surface area contributed by atoms with Crippen LogP contribution < -0.4 is 5.32 Å². The van der Waals surface area contributed by atoms with Gasteiger partial charge in [-0.1, -0.05) is 0 Å². The van der Waals surface area contributed by atoms with E-state index in [9.17, 15) is 13.9 Å². The van der Waals surface area contributed by atoms with Crippen molar-refractivity contribution in [2.75, 3.05) is 19.6 Å². The van der Waals surface area contributed by atoms with E-state index in [2.05, 4.69) is 10.2 Å². The van der Waals surface area contributed by atoms with Crippen LogP contribution in [0.5, 0.6) is 0 Å². The Morgan fingerprint density at radius 3 is 3.00 bits per heavy atom. The van der Waals surface area contributed by atoms with E-state index in [0.29, 0.717) is 12.1 Å². The van der Waals surface area contributed by atoms with Gasteiger partial charge in [-0.25, -0.2) is 8.78 Å². The molecule has 0 bridgehead atoms. The van der Waals surface area contributed by atoms with Crippen LogP contribution in [0.3, 0.4) is 0 Å². The van der Waals surface area contributed by atoms with E-state index >= 15 is 0 Å². The van der Waals surface area contributed by atoms with E-state index in [0.717, 1.165) is 37.7 Å². The molecular weight excluding hydrogens is 262 g/mol. The van der Waals surface area contributed by atoms with Crippen molar-refractivity contribution < 1.29 is 13.9 Å². The lowest BCUT2D eigenvalue weighted by molar-refractivity contribution is 0.161. The van der Waals surface area contributed by atoms with Crippen LogP contribution in [0, 0.1) is 11.6 Å². The molecule has 2 aliphatic heterocycles. The molecule has 1 aromatic carbocycles. The molecule has 3 unspecified atom stereocenters. The van der Waals surface area contributed by atoms with Gasteiger partial charge in [0.25, 0.3) is 0 Å². The van der Waals surface area contributed by atoms with E-state index in [1.165, 1.54) is 12.8 Å². The minimum absolute atomic E-state index is 0.0266. The molecule has 20 heavy (non-hydrogen) atoms. The van der Waals surface area contributed by atoms with Crippen molar-refractivity contribution in [3.05, 3.63) is 35.4 Å². The summed E-state index contributed by atoms with van der Waals surface area (Å²) in [5.74, 6) is -1.09. The van der Waals surface area contributed by atoms with Gasteiger partial charge in [0.2, 0.25) is 0 Å². The second-order valence-electron chi connectivity index (χ2n) is 5.73. The molecule has 2 N–H and O–H groups in total. The number of benzene rings is 1. The van der Waals surface area contributed by atoms with Crippen LogP contribution in [0.4, 0.5) is 8.78 Å². The number of hydrogen-bond acceptors (Lipinski definition) is 3. The SMILES string of the molecule is OC(CNC1CCN2CCCC12)c1cc(F)ccc1F. The van der Waals surface area contributed by atoms with Crippen LogP contribution in [-0.2, 0) is 0 Å². The Labute approximate surface area is 117 Å². The van der Waals surface area contributed by atoms with Crippen LogP contribution in [0.15, 0.2) is 18.2 Å². The lowest BCUT2D eigenvalue weighted by Gasteiger charge is -2.23. The largest absolute Gasteiger partial charge is 0.387 e. The first-order chi connectivity index (χ1) is 9.65. The second-order valence-corrected chi connectivity index (χ2v) is 5.73. The van der Waals surface area contributed by atoms with Gasteiger partial charge < -0.3 is 10.4 Å². The van der Waals surface area contributed by atoms with Gasteiger partial charge in [-0.3, -0.25) is 4.90 Å². The standard InChI is InChI=1S/C15H20F2N2O/c16-10-3-4-12(17)11(8-10)15(20)9-18-13-5-7-19-6-1-2-14(13)19/h3-4,8,13-15,18,20H,1-2,5-7,9H2. The topological polar surface area (TPSA) is 35.5 Å². The van der Waals surface area contributed by atoms with Crippen molar-refractivity contribution >= 4 is 0 Å². The molecule has 5 heteroatoms. The molecule has 1 aromatic rings. The molecule has 2 saturated heterocycles. The zero-order valence-electron chi connectivity index (χ0n) is 11.4. The maximum atomic E-state index is 13.6. The molecule has 2 aliphatic rings. The average molecular weight is 282 g/mol. The first-order valence-corrected chi connectivity index (χ1v) is 7.25. The fourth-order valence-corrected chi connectivity index (χ4v) is 3.46. The Morgan fingerprint density at radius 1 is 1.30 bits per heavy atom. The van der Waals surface area contributed by atoms with E-state index in [-0.39, 0.29) is 12.1 Å². The quantitative estimate of drug-likeness (QED) is 0.884. The van der Waals surface area contributed by atoms with Gasteiger partial charge in [-0.15, -0.1) is 0 Å². The number of halogens is 2. The third-order valence-corrected chi connectivity index (χ3v) is 4.50. The number of fused-ring (bicyclic) bond motifs is 1. The zero-order valence-corrected chi connectivity index (χ0v) is 11.4. The van der Waals surface area contributed by atoms with Crippen molar-refractivity contribution in [3.8, 4) is 0 Å². The average Bonchev–Trinajstić information content (AvgIpc) is 3.02. The van der Waals surface area contributed by atoms with Crippen LogP contribution in [0.25, 0.3) is 0 Å². The highest BCUT2D eigenvalue weighted by Gasteiger charge is 2.36. The predicted molar refractivity (Wildman–Crippen MR) is 72.3 cm³/mol. The van der Waals surface area contributed by atoms with E-state index in [1.807, 2.05) is 0 Å². The lowest BCUT2D eigenvalue weighted by atomic mass is 10.0. The first-order valence-electron chi connectivity index (χ1n) is 7.25. The summed E-state index contributed by atoms with van der Waals surface area (Å²) in [5.41, 5.74) is 0.0266. The zero-order chi connectivity index (χ0) is 14.1. The van der Waals surface area contributed by atoms with E-state index in [1.54, 1.807) is 0 Å². The fourth-order valence-electron chi connectivity index (χ4n) is 3.46. The molecule has 2 heterocycles. The predicted octanol–water partition coefficient (Wildman–Crippen LogP) is 1.82. The highest BCUT2D eigenvalue weighted by atomic mass is 19.1. The highest BCUT2D eigenvalue weighted by Crippen LogP contribution is 2.28. The number of hydrogen-bond donors (Lipinski definition) is 2. The summed E-state index contributed by atoms with van der Waals surface area (Å²) >= 11 is 0. The molecule has 0 aromatic heterocycles. The minimum atomic E-state index is -1.01. The molecule has 110 valence electrons. The van der Waals surface area contributed by atoms with Crippen molar-refractivity contribution in [1.29, 1.82) is 0 Å². The van der Waals surface area contributed by atoms with Crippen LogP contribution in [-0.4, -0.2) is 41.7 Å². The second kappa shape index (κ2) is 5.76. The molecule has 0 radical (unpaired) electrons. The molecule has 0 spiro atoms. The maximum Gasteiger partial charge on any atom is 0.129 e. The molecule has 0 saturated carbocycles. The first kappa shape index (κ1) is 13.9. The molecule has 3 nitrogen and oxygen atoms in total. The number of aliphatic hydroxyl groups is 1. The molecule has 0 aliphatic carbocycles. The van der Waals surface area contributed by atoms with Gasteiger partial charge in [0.05, 0.1) is 6.10 Å². The van der Waals surface area contributed by atoms with Crippen molar-refractivity contribution in [2.24, 2.45) is 0 Å². The Hall–Kier alpha value is -1.04. The minimum Gasteiger partial charge on any atom is -0.387 e. The lowest BCUT2D eigenvalue weighted by Crippen LogP contribution is -2.41. The van der Waals surface area contributed by atoms with Gasteiger partial charge in [-0.05, 0) is 44.0 Å². The van der Waals surface area contributed by atoms with Gasteiger partial charge >= 0.3 is 0 Å². The van der Waals surface area contributed by atoms with Gasteiger partial charge in [0, 0.05) is 30.7 Å². The number of rotatable bonds is 4. The normalized spacial score (nSPS) is 27.8. The molecule has 3 rings (SSSR count). The Kier molecular flexibility index (Phi) is 4.01. The smallest absolute Gasteiger partial charge is 0.129 e. The molecule has 0 amide bonds. The summed E-state index contributed by atoms with van der Waals surface area (Å²) in [6, 6.07) is 4.08. The fraction of sp³-hybridized carbons (Fsp3) is 0.600. The van der Waals surface area contributed by atoms with Gasteiger partial charge in [-0.2, -0.15) is 0 Å². The van der Waals surface area contributed by atoms with Crippen molar-refractivity contribution in [1.82, 2.24) is 10.2 Å². The Bertz CT molecular complexity index is 483. The highest BCUT2D eigenvalue weighted by molar-refractivity contribution is 5.21. The van der Waals surface area contributed by atoms with Crippen LogP contribution >= 0.6 is 0 Å². The summed E-state index contributed by atoms with van der Waals surface area (Å²) in [5, 5.41) is 13.4. The summed E-state index contributed by atoms with van der Waals surface area (Å²) in [6.45, 7) is 2.51. The van der Waals surface area contributed by atoms with Crippen LogP contribution in [0.2, 0.25) is 0 Å². The number of nitrogens with one attached hydrogen (secondary N) is 1. The number of nitrogens with zero attached hydrogens (tertiary/aromatic N) is 1. The molecule has 3 atom stereocenters. The van der Waals surface area contributed by atoms with Crippen molar-refractivity contribution in [2.45, 2.75) is 37.5 Å². The summed E-state index contributed by atoms with van der Waals surface area (Å²) in [7, 11) is 0. The summed E-state index contributed by atoms with van der Waals surface area (Å²) in [6.07, 6.45) is 2.45. The number of aliphatic hydroxyl groups excluding tert-OH is 1. The van der Waals surface area contributed by atoms with E-state index < -0.39 is 17.7 Å². The van der Waals surface area contributed by atoms with Crippen molar-refractivity contribution in [3.63, 3.8) is 0 Å². The molecular formula is C15H20F2N2O. The summed E-state index contributed by atoms with van der Waals surface area (Å²) < 4.78 is 26.7. The third kappa shape index (κ3) is 2.71. The van der Waals surface area contributed by atoms with Crippen LogP contribution in [0.1, 0.15) is 30.9 Å². The van der Waals surface area contributed by atoms with Gasteiger partial charge in [0.15, 0.2) is 0 Å². The third-order valence-electron chi connectivity index (χ3n) is 4.50. The monoisotopic (exact) mass is 282 g/mol. The molecule has 2 fully saturated rings. The Balaban J connectivity index is 1.59. The summed E-state index contributed by atoms with van der Waals surface area (Å²) in [4.78, 5) is 2.47. The van der Waals surface area contributed by atoms with E-state index in [4.69, 9.17) is 0 Å².